The summed E-state index contributed by atoms with van der Waals surface area (Å²) >= 11 is 1.34. The number of rotatable bonds is 4. The number of thiazole rings is 1. The smallest absolute Gasteiger partial charge is 0.286 e. The molecule has 0 aliphatic heterocycles. The fourth-order valence-electron chi connectivity index (χ4n) is 3.61. The summed E-state index contributed by atoms with van der Waals surface area (Å²) in [6.07, 6.45) is 0.171. The number of aryl methyl sites for hydroxylation is 1. The van der Waals surface area contributed by atoms with Crippen molar-refractivity contribution in [3.63, 3.8) is 0 Å². The average Bonchev–Trinajstić information content (AvgIpc) is 3.32. The number of nitro groups is 1. The molecule has 0 amide bonds. The maximum absolute atomic E-state index is 13.2. The number of benzene rings is 2. The molecule has 10 heteroatoms. The number of non-ortho nitro benzene ring substituents is 1. The van der Waals surface area contributed by atoms with Crippen molar-refractivity contribution in [1.29, 1.82) is 0 Å². The minimum absolute atomic E-state index is 0.00490. The number of pyridine rings is 1. The first-order valence-electron chi connectivity index (χ1n) is 9.38. The molecule has 0 aliphatic rings. The average molecular weight is 433 g/mol. The first-order chi connectivity index (χ1) is 14.9. The number of nitrogens with zero attached hydrogens (tertiary/aromatic N) is 3. The van der Waals surface area contributed by atoms with Gasteiger partial charge in [-0.15, -0.1) is 0 Å². The largest absolute Gasteiger partial charge is 0.343 e. The van der Waals surface area contributed by atoms with Crippen molar-refractivity contribution in [1.82, 2.24) is 19.7 Å². The summed E-state index contributed by atoms with van der Waals surface area (Å²) in [5.74, 6) is 0. The van der Waals surface area contributed by atoms with E-state index in [-0.39, 0.29) is 17.5 Å². The fraction of sp³-hybridized carbons (Fsp3) is 0.0952. The zero-order chi connectivity index (χ0) is 21.7. The molecule has 3 heterocycles. The molecule has 5 rings (SSSR count). The lowest BCUT2D eigenvalue weighted by Crippen LogP contribution is -2.21. The van der Waals surface area contributed by atoms with Crippen LogP contribution in [0.4, 0.5) is 5.69 Å². The van der Waals surface area contributed by atoms with Crippen molar-refractivity contribution in [2.75, 3.05) is 0 Å². The Kier molecular flexibility index (Phi) is 4.29. The van der Waals surface area contributed by atoms with Gasteiger partial charge in [0, 0.05) is 29.8 Å². The van der Waals surface area contributed by atoms with E-state index in [2.05, 4.69) is 15.1 Å². The van der Waals surface area contributed by atoms with Crippen LogP contribution in [0.2, 0.25) is 0 Å². The topological polar surface area (TPSA) is 127 Å². The predicted octanol–water partition coefficient (Wildman–Crippen LogP) is 3.42. The van der Waals surface area contributed by atoms with Crippen molar-refractivity contribution >= 4 is 38.3 Å². The Morgan fingerprint density at radius 1 is 1.16 bits per heavy atom. The molecule has 0 radical (unpaired) electrons. The molecule has 2 N–H and O–H groups in total. The van der Waals surface area contributed by atoms with E-state index < -0.39 is 15.9 Å². The van der Waals surface area contributed by atoms with Crippen LogP contribution in [-0.2, 0) is 6.42 Å². The lowest BCUT2D eigenvalue weighted by molar-refractivity contribution is -0.384. The Bertz CT molecular complexity index is 1570. The third-order valence-electron chi connectivity index (χ3n) is 5.13. The molecule has 0 unspecified atom stereocenters. The molecule has 0 aliphatic carbocycles. The van der Waals surface area contributed by atoms with Gasteiger partial charge in [0.2, 0.25) is 5.13 Å². The van der Waals surface area contributed by atoms with Crippen LogP contribution in [0.5, 0.6) is 0 Å². The van der Waals surface area contributed by atoms with E-state index in [4.69, 9.17) is 0 Å². The monoisotopic (exact) mass is 433 g/mol. The highest BCUT2D eigenvalue weighted by molar-refractivity contribution is 7.20. The highest BCUT2D eigenvalue weighted by Gasteiger charge is 2.19. The molecule has 0 fully saturated rings. The molecule has 0 atom stereocenters. The van der Waals surface area contributed by atoms with Crippen LogP contribution >= 0.6 is 11.3 Å². The van der Waals surface area contributed by atoms with Crippen molar-refractivity contribution < 1.29 is 4.92 Å². The lowest BCUT2D eigenvalue weighted by atomic mass is 10.0. The quantitative estimate of drug-likeness (QED) is 0.332. The molecule has 2 aromatic carbocycles. The highest BCUT2D eigenvalue weighted by Crippen LogP contribution is 2.24. The number of aromatic nitrogens is 4. The van der Waals surface area contributed by atoms with Gasteiger partial charge in [-0.3, -0.25) is 24.8 Å². The Hall–Kier alpha value is -4.05. The first kappa shape index (κ1) is 18.9. The Labute approximate surface area is 177 Å². The van der Waals surface area contributed by atoms with Crippen molar-refractivity contribution in [3.8, 4) is 5.13 Å². The van der Waals surface area contributed by atoms with E-state index in [1.54, 1.807) is 19.1 Å². The molecule has 0 bridgehead atoms. The Balaban J connectivity index is 1.64. The molecule has 3 aromatic heterocycles. The Morgan fingerprint density at radius 3 is 2.74 bits per heavy atom. The zero-order valence-electron chi connectivity index (χ0n) is 16.2. The normalized spacial score (nSPS) is 11.4. The van der Waals surface area contributed by atoms with E-state index in [1.807, 2.05) is 24.3 Å². The number of H-pyrrole nitrogens is 2. The van der Waals surface area contributed by atoms with E-state index in [9.17, 15) is 19.7 Å². The van der Waals surface area contributed by atoms with Crippen LogP contribution in [0, 0.1) is 17.0 Å². The minimum Gasteiger partial charge on any atom is -0.343 e. The third kappa shape index (κ3) is 3.13. The van der Waals surface area contributed by atoms with Gasteiger partial charge < -0.3 is 4.98 Å². The fourth-order valence-corrected chi connectivity index (χ4v) is 4.54. The first-order valence-corrected chi connectivity index (χ1v) is 10.2. The van der Waals surface area contributed by atoms with Gasteiger partial charge in [0.25, 0.3) is 11.2 Å². The summed E-state index contributed by atoms with van der Waals surface area (Å²) in [5, 5.41) is 14.4. The molecule has 5 aromatic rings. The second kappa shape index (κ2) is 7.03. The summed E-state index contributed by atoms with van der Waals surface area (Å²) in [6, 6.07) is 13.6. The maximum Gasteiger partial charge on any atom is 0.286 e. The summed E-state index contributed by atoms with van der Waals surface area (Å²) < 4.78 is 2.20. The molecule has 9 nitrogen and oxygen atoms in total. The van der Waals surface area contributed by atoms with Gasteiger partial charge in [-0.05, 0) is 24.6 Å². The standard InChI is InChI=1S/C21H15N5O4S/c1-11-14(10-12-5-4-6-13(9-12)26(29)30)18(27)17-19(22-11)24-25(20(17)28)21-23-15-7-2-3-8-16(15)31-21/h2-9H,10H2,1H3,(H2,22,24,27). The molecule has 31 heavy (non-hydrogen) atoms. The van der Waals surface area contributed by atoms with E-state index >= 15 is 0 Å². The summed E-state index contributed by atoms with van der Waals surface area (Å²) in [7, 11) is 0. The van der Waals surface area contributed by atoms with Crippen LogP contribution in [-0.4, -0.2) is 24.7 Å². The van der Waals surface area contributed by atoms with Gasteiger partial charge in [-0.1, -0.05) is 35.6 Å². The van der Waals surface area contributed by atoms with E-state index in [0.717, 1.165) is 10.2 Å². The highest BCUT2D eigenvalue weighted by atomic mass is 32.1. The number of nitrogens with one attached hydrogen (secondary N) is 2. The Morgan fingerprint density at radius 2 is 1.97 bits per heavy atom. The van der Waals surface area contributed by atoms with Gasteiger partial charge >= 0.3 is 0 Å². The van der Waals surface area contributed by atoms with Crippen LogP contribution in [0.25, 0.3) is 26.4 Å². The number of para-hydroxylation sites is 1. The number of hydrogen-bond acceptors (Lipinski definition) is 6. The molecule has 0 saturated heterocycles. The summed E-state index contributed by atoms with van der Waals surface area (Å²) in [4.78, 5) is 44.4. The van der Waals surface area contributed by atoms with Crippen LogP contribution in [0.3, 0.4) is 0 Å². The number of hydrogen-bond donors (Lipinski definition) is 2. The van der Waals surface area contributed by atoms with E-state index in [0.29, 0.717) is 27.6 Å². The predicted molar refractivity (Wildman–Crippen MR) is 118 cm³/mol. The third-order valence-corrected chi connectivity index (χ3v) is 6.15. The van der Waals surface area contributed by atoms with Gasteiger partial charge in [-0.25, -0.2) is 4.98 Å². The second-order valence-electron chi connectivity index (χ2n) is 7.13. The molecule has 154 valence electrons. The zero-order valence-corrected chi connectivity index (χ0v) is 17.0. The number of nitro benzene ring substituents is 1. The van der Waals surface area contributed by atoms with Gasteiger partial charge in [0.05, 0.1) is 15.1 Å². The summed E-state index contributed by atoms with van der Waals surface area (Å²) in [5.41, 5.74) is 1.73. The van der Waals surface area contributed by atoms with Crippen LogP contribution < -0.4 is 11.0 Å². The summed E-state index contributed by atoms with van der Waals surface area (Å²) in [6.45, 7) is 1.74. The lowest BCUT2D eigenvalue weighted by Gasteiger charge is -2.05. The molecular formula is C21H15N5O4S. The molecule has 0 saturated carbocycles. The van der Waals surface area contributed by atoms with Crippen LogP contribution in [0.1, 0.15) is 16.8 Å². The van der Waals surface area contributed by atoms with Gasteiger partial charge in [0.15, 0.2) is 5.43 Å². The van der Waals surface area contributed by atoms with Crippen LogP contribution in [0.15, 0.2) is 58.1 Å². The van der Waals surface area contributed by atoms with E-state index in [1.165, 1.54) is 28.2 Å². The second-order valence-corrected chi connectivity index (χ2v) is 8.14. The minimum atomic E-state index is -0.490. The molecule has 0 spiro atoms. The van der Waals surface area contributed by atoms with Crippen molar-refractivity contribution in [2.45, 2.75) is 13.3 Å². The van der Waals surface area contributed by atoms with Gasteiger partial charge in [0.1, 0.15) is 11.0 Å². The van der Waals surface area contributed by atoms with Crippen molar-refractivity contribution in [2.24, 2.45) is 0 Å². The SMILES string of the molecule is Cc1[nH]c2[nH]n(-c3nc4ccccc4s3)c(=O)c2c(=O)c1Cc1cccc([N+](=O)[O-])c1. The van der Waals surface area contributed by atoms with Gasteiger partial charge in [-0.2, -0.15) is 4.68 Å². The maximum atomic E-state index is 13.2. The number of aromatic amines is 2. The number of fused-ring (bicyclic) bond motifs is 2. The molecular weight excluding hydrogens is 418 g/mol. The van der Waals surface area contributed by atoms with Crippen molar-refractivity contribution in [3.05, 3.63) is 96.0 Å².